The van der Waals surface area contributed by atoms with Gasteiger partial charge in [0.25, 0.3) is 0 Å². The molecule has 1 aromatic heterocycles. The first-order valence-electron chi connectivity index (χ1n) is 7.23. The summed E-state index contributed by atoms with van der Waals surface area (Å²) in [6, 6.07) is 15.3. The highest BCUT2D eigenvalue weighted by molar-refractivity contribution is 9.10. The number of rotatable bonds is 3. The Morgan fingerprint density at radius 2 is 1.90 bits per heavy atom. The molecule has 0 atom stereocenters. The summed E-state index contributed by atoms with van der Waals surface area (Å²) in [5.74, 6) is 1.06. The summed E-state index contributed by atoms with van der Waals surface area (Å²) in [5, 5.41) is 0. The fourth-order valence-corrected chi connectivity index (χ4v) is 3.04. The molecule has 2 N–H and O–H groups in total. The van der Waals surface area contributed by atoms with E-state index in [1.807, 2.05) is 0 Å². The number of benzene rings is 2. The van der Waals surface area contributed by atoms with Gasteiger partial charge in [0, 0.05) is 22.6 Å². The van der Waals surface area contributed by atoms with Crippen LogP contribution in [-0.2, 0) is 6.54 Å². The van der Waals surface area contributed by atoms with Gasteiger partial charge in [0.1, 0.15) is 5.82 Å². The minimum absolute atomic E-state index is 0.555. The highest BCUT2D eigenvalue weighted by Crippen LogP contribution is 2.41. The summed E-state index contributed by atoms with van der Waals surface area (Å²) in [6.45, 7) is 0.555. The quantitative estimate of drug-likeness (QED) is 0.773. The lowest BCUT2D eigenvalue weighted by molar-refractivity contribution is 0.775. The second kappa shape index (κ2) is 4.97. The molecule has 1 aliphatic carbocycles. The maximum Gasteiger partial charge on any atom is 0.141 e. The van der Waals surface area contributed by atoms with Crippen molar-refractivity contribution in [3.05, 3.63) is 52.5 Å². The molecule has 1 saturated carbocycles. The minimum Gasteiger partial charge on any atom is -0.326 e. The highest BCUT2D eigenvalue weighted by Gasteiger charge is 2.28. The summed E-state index contributed by atoms with van der Waals surface area (Å²) >= 11 is 3.49. The molecule has 21 heavy (non-hydrogen) atoms. The number of imidazole rings is 1. The van der Waals surface area contributed by atoms with Crippen LogP contribution in [0.2, 0.25) is 0 Å². The second-order valence-corrected chi connectivity index (χ2v) is 6.49. The van der Waals surface area contributed by atoms with Crippen LogP contribution >= 0.6 is 15.9 Å². The normalized spacial score (nSPS) is 14.8. The van der Waals surface area contributed by atoms with Gasteiger partial charge in [-0.05, 0) is 42.7 Å². The molecule has 3 nitrogen and oxygen atoms in total. The first-order chi connectivity index (χ1) is 10.3. The van der Waals surface area contributed by atoms with Crippen LogP contribution in [-0.4, -0.2) is 9.55 Å². The van der Waals surface area contributed by atoms with E-state index in [-0.39, 0.29) is 0 Å². The summed E-state index contributed by atoms with van der Waals surface area (Å²) in [4.78, 5) is 4.87. The summed E-state index contributed by atoms with van der Waals surface area (Å²) < 4.78 is 3.48. The summed E-state index contributed by atoms with van der Waals surface area (Å²) in [5.41, 5.74) is 10.3. The van der Waals surface area contributed by atoms with Gasteiger partial charge in [-0.2, -0.15) is 0 Å². The highest BCUT2D eigenvalue weighted by atomic mass is 79.9. The Bertz CT molecular complexity index is 801. The average molecular weight is 342 g/mol. The molecule has 0 spiro atoms. The van der Waals surface area contributed by atoms with E-state index in [1.165, 1.54) is 18.4 Å². The maximum absolute atomic E-state index is 5.75. The molecule has 0 unspecified atom stereocenters. The van der Waals surface area contributed by atoms with Crippen LogP contribution in [0.1, 0.15) is 24.4 Å². The van der Waals surface area contributed by atoms with Crippen molar-refractivity contribution in [3.8, 4) is 11.4 Å². The van der Waals surface area contributed by atoms with Crippen LogP contribution in [0, 0.1) is 0 Å². The van der Waals surface area contributed by atoms with Crippen molar-refractivity contribution in [2.45, 2.75) is 25.4 Å². The molecule has 1 fully saturated rings. The number of nitrogens with two attached hydrogens (primary N) is 1. The summed E-state index contributed by atoms with van der Waals surface area (Å²) in [7, 11) is 0. The van der Waals surface area contributed by atoms with Crippen LogP contribution < -0.4 is 5.73 Å². The lowest BCUT2D eigenvalue weighted by Gasteiger charge is -2.08. The number of halogens is 1. The summed E-state index contributed by atoms with van der Waals surface area (Å²) in [6.07, 6.45) is 2.49. The van der Waals surface area contributed by atoms with Crippen molar-refractivity contribution in [3.63, 3.8) is 0 Å². The van der Waals surface area contributed by atoms with Gasteiger partial charge >= 0.3 is 0 Å². The lowest BCUT2D eigenvalue weighted by atomic mass is 10.2. The molecular formula is C17H16BrN3. The van der Waals surface area contributed by atoms with Crippen molar-refractivity contribution >= 4 is 27.0 Å². The van der Waals surface area contributed by atoms with E-state index in [9.17, 15) is 0 Å². The number of aromatic nitrogens is 2. The zero-order chi connectivity index (χ0) is 14.4. The third-order valence-electron chi connectivity index (χ3n) is 4.00. The molecule has 0 saturated heterocycles. The molecule has 4 rings (SSSR count). The van der Waals surface area contributed by atoms with Gasteiger partial charge in [-0.1, -0.05) is 34.1 Å². The lowest BCUT2D eigenvalue weighted by Crippen LogP contribution is -1.98. The van der Waals surface area contributed by atoms with Crippen molar-refractivity contribution in [1.29, 1.82) is 0 Å². The number of fused-ring (bicyclic) bond motifs is 1. The smallest absolute Gasteiger partial charge is 0.141 e. The number of hydrogen-bond acceptors (Lipinski definition) is 2. The zero-order valence-electron chi connectivity index (χ0n) is 11.6. The van der Waals surface area contributed by atoms with Crippen LogP contribution in [0.15, 0.2) is 46.9 Å². The van der Waals surface area contributed by atoms with Crippen LogP contribution in [0.4, 0.5) is 0 Å². The predicted octanol–water partition coefficient (Wildman–Crippen LogP) is 4.26. The van der Waals surface area contributed by atoms with Crippen molar-refractivity contribution in [2.75, 3.05) is 0 Å². The van der Waals surface area contributed by atoms with Crippen LogP contribution in [0.3, 0.4) is 0 Å². The van der Waals surface area contributed by atoms with E-state index in [0.717, 1.165) is 26.9 Å². The Hall–Kier alpha value is -1.65. The Morgan fingerprint density at radius 3 is 2.57 bits per heavy atom. The van der Waals surface area contributed by atoms with E-state index in [1.54, 1.807) is 0 Å². The van der Waals surface area contributed by atoms with Crippen molar-refractivity contribution < 1.29 is 0 Å². The fourth-order valence-electron chi connectivity index (χ4n) is 2.78. The Balaban J connectivity index is 1.94. The number of hydrogen-bond donors (Lipinski definition) is 1. The molecule has 106 valence electrons. The molecule has 1 aliphatic rings. The average Bonchev–Trinajstić information content (AvgIpc) is 3.27. The molecular weight excluding hydrogens is 326 g/mol. The molecule has 1 heterocycles. The maximum atomic E-state index is 5.75. The van der Waals surface area contributed by atoms with Crippen LogP contribution in [0.5, 0.6) is 0 Å². The number of nitrogens with zero attached hydrogens (tertiary/aromatic N) is 2. The first kappa shape index (κ1) is 13.0. The molecule has 0 amide bonds. The monoisotopic (exact) mass is 341 g/mol. The van der Waals surface area contributed by atoms with Crippen LogP contribution in [0.25, 0.3) is 22.4 Å². The van der Waals surface area contributed by atoms with Gasteiger partial charge in [-0.3, -0.25) is 0 Å². The Labute approximate surface area is 131 Å². The van der Waals surface area contributed by atoms with E-state index >= 15 is 0 Å². The fraction of sp³-hybridized carbons (Fsp3) is 0.235. The standard InChI is InChI=1S/C17H16BrN3/c18-13-4-2-12(3-5-13)17-20-15-9-11(10-19)1-8-16(15)21(17)14-6-7-14/h1-5,8-9,14H,6-7,10,19H2. The van der Waals surface area contributed by atoms with E-state index in [0.29, 0.717) is 12.6 Å². The first-order valence-corrected chi connectivity index (χ1v) is 8.02. The largest absolute Gasteiger partial charge is 0.326 e. The van der Waals surface area contributed by atoms with Gasteiger partial charge in [0.2, 0.25) is 0 Å². The SMILES string of the molecule is NCc1ccc2c(c1)nc(-c1ccc(Br)cc1)n2C1CC1. The molecule has 0 aliphatic heterocycles. The Kier molecular flexibility index (Phi) is 3.08. The second-order valence-electron chi connectivity index (χ2n) is 5.57. The van der Waals surface area contributed by atoms with Gasteiger partial charge in [0.15, 0.2) is 0 Å². The molecule has 0 bridgehead atoms. The zero-order valence-corrected chi connectivity index (χ0v) is 13.2. The minimum atomic E-state index is 0.555. The third kappa shape index (κ3) is 2.28. The van der Waals surface area contributed by atoms with Gasteiger partial charge in [-0.15, -0.1) is 0 Å². The predicted molar refractivity (Wildman–Crippen MR) is 89.0 cm³/mol. The molecule has 3 aromatic rings. The van der Waals surface area contributed by atoms with Crippen molar-refractivity contribution in [2.24, 2.45) is 5.73 Å². The molecule has 2 aromatic carbocycles. The third-order valence-corrected chi connectivity index (χ3v) is 4.53. The van der Waals surface area contributed by atoms with Gasteiger partial charge in [0.05, 0.1) is 11.0 Å². The van der Waals surface area contributed by atoms with E-state index in [4.69, 9.17) is 10.7 Å². The van der Waals surface area contributed by atoms with E-state index in [2.05, 4.69) is 63.0 Å². The topological polar surface area (TPSA) is 43.8 Å². The van der Waals surface area contributed by atoms with Gasteiger partial charge in [-0.25, -0.2) is 4.98 Å². The molecule has 0 radical (unpaired) electrons. The van der Waals surface area contributed by atoms with Gasteiger partial charge < -0.3 is 10.3 Å². The Morgan fingerprint density at radius 1 is 1.14 bits per heavy atom. The van der Waals surface area contributed by atoms with Crippen molar-refractivity contribution in [1.82, 2.24) is 9.55 Å². The van der Waals surface area contributed by atoms with E-state index < -0.39 is 0 Å². The molecule has 4 heteroatoms.